The number of carbonyl (C=O) groups excluding carboxylic acids is 1. The summed E-state index contributed by atoms with van der Waals surface area (Å²) in [5.41, 5.74) is 2.07. The van der Waals surface area contributed by atoms with Gasteiger partial charge in [-0.25, -0.2) is 4.39 Å². The highest BCUT2D eigenvalue weighted by molar-refractivity contribution is 5.99. The number of halogens is 1. The van der Waals surface area contributed by atoms with E-state index >= 15 is 0 Å². The van der Waals surface area contributed by atoms with E-state index in [0.29, 0.717) is 35.2 Å². The number of pyridine rings is 1. The number of fused-ring (bicyclic) bond motifs is 1. The quantitative estimate of drug-likeness (QED) is 0.533. The standard InChI is InChI=1S/C28H28FN3O3/c1-28(2,3)12-10-19-8-9-26-25(14-19)32(4)27(33)24(18-34-26)31-17-21-16-23(11-13-30-21)35-22-7-5-6-20(29)15-22/h5-9,11,13-16,24,31H,17-18H2,1-4H3. The number of nitrogens with zero attached hydrogens (tertiary/aromatic N) is 2. The molecular weight excluding hydrogens is 445 g/mol. The average Bonchev–Trinajstić information content (AvgIpc) is 2.93. The number of rotatable bonds is 5. The fourth-order valence-electron chi connectivity index (χ4n) is 3.49. The molecule has 35 heavy (non-hydrogen) atoms. The lowest BCUT2D eigenvalue weighted by atomic mass is 9.97. The predicted octanol–water partition coefficient (Wildman–Crippen LogP) is 4.92. The molecule has 1 N–H and O–H groups in total. The van der Waals surface area contributed by atoms with Gasteiger partial charge in [-0.2, -0.15) is 0 Å². The molecule has 1 aromatic heterocycles. The van der Waals surface area contributed by atoms with Crippen LogP contribution in [0.4, 0.5) is 10.1 Å². The van der Waals surface area contributed by atoms with Crippen molar-refractivity contribution < 1.29 is 18.7 Å². The van der Waals surface area contributed by atoms with Gasteiger partial charge >= 0.3 is 0 Å². The molecule has 1 aliphatic rings. The van der Waals surface area contributed by atoms with Gasteiger partial charge < -0.3 is 14.4 Å². The Labute approximate surface area is 205 Å². The summed E-state index contributed by atoms with van der Waals surface area (Å²) in [6, 6.07) is 14.4. The minimum atomic E-state index is -0.564. The number of hydrogen-bond donors (Lipinski definition) is 1. The zero-order valence-electron chi connectivity index (χ0n) is 20.3. The van der Waals surface area contributed by atoms with Gasteiger partial charge in [-0.3, -0.25) is 15.1 Å². The van der Waals surface area contributed by atoms with Crippen LogP contribution in [-0.4, -0.2) is 30.6 Å². The molecule has 7 heteroatoms. The Morgan fingerprint density at radius 3 is 2.74 bits per heavy atom. The van der Waals surface area contributed by atoms with Crippen molar-refractivity contribution in [3.63, 3.8) is 0 Å². The minimum Gasteiger partial charge on any atom is -0.489 e. The van der Waals surface area contributed by atoms with Gasteiger partial charge in [-0.1, -0.05) is 17.9 Å². The van der Waals surface area contributed by atoms with E-state index < -0.39 is 6.04 Å². The van der Waals surface area contributed by atoms with Crippen molar-refractivity contribution in [3.8, 4) is 29.1 Å². The Morgan fingerprint density at radius 1 is 1.17 bits per heavy atom. The number of hydrogen-bond acceptors (Lipinski definition) is 5. The first-order valence-corrected chi connectivity index (χ1v) is 11.4. The molecule has 1 atom stereocenters. The molecule has 0 bridgehead atoms. The fourth-order valence-corrected chi connectivity index (χ4v) is 3.49. The third kappa shape index (κ3) is 6.37. The van der Waals surface area contributed by atoms with Crippen LogP contribution < -0.4 is 19.7 Å². The van der Waals surface area contributed by atoms with Crippen molar-refractivity contribution >= 4 is 11.6 Å². The second-order valence-corrected chi connectivity index (χ2v) is 9.37. The number of carbonyl (C=O) groups is 1. The van der Waals surface area contributed by atoms with Crippen LogP contribution >= 0.6 is 0 Å². The Hall–Kier alpha value is -3.89. The van der Waals surface area contributed by atoms with Gasteiger partial charge in [-0.05, 0) is 57.2 Å². The van der Waals surface area contributed by atoms with Crippen LogP contribution in [0, 0.1) is 23.1 Å². The minimum absolute atomic E-state index is 0.114. The SMILES string of the molecule is CN1C(=O)C(NCc2cc(Oc3cccc(F)c3)ccn2)COc2ccc(C#CC(C)(C)C)cc21. The first-order valence-electron chi connectivity index (χ1n) is 11.4. The van der Waals surface area contributed by atoms with Crippen molar-refractivity contribution in [1.82, 2.24) is 10.3 Å². The smallest absolute Gasteiger partial charge is 0.247 e. The topological polar surface area (TPSA) is 63.7 Å². The molecule has 1 amide bonds. The zero-order chi connectivity index (χ0) is 25.0. The summed E-state index contributed by atoms with van der Waals surface area (Å²) in [6.07, 6.45) is 1.61. The first kappa shape index (κ1) is 24.2. The third-order valence-electron chi connectivity index (χ3n) is 5.29. The van der Waals surface area contributed by atoms with Crippen molar-refractivity contribution in [2.75, 3.05) is 18.6 Å². The van der Waals surface area contributed by atoms with Crippen LogP contribution in [0.1, 0.15) is 32.0 Å². The second-order valence-electron chi connectivity index (χ2n) is 9.37. The molecule has 3 aromatic rings. The summed E-state index contributed by atoms with van der Waals surface area (Å²) in [7, 11) is 1.73. The normalized spacial score (nSPS) is 15.4. The largest absolute Gasteiger partial charge is 0.489 e. The molecule has 0 saturated carbocycles. The molecule has 180 valence electrons. The van der Waals surface area contributed by atoms with Crippen LogP contribution in [0.2, 0.25) is 0 Å². The molecule has 1 unspecified atom stereocenters. The number of aromatic nitrogens is 1. The van der Waals surface area contributed by atoms with Crippen molar-refractivity contribution in [2.45, 2.75) is 33.4 Å². The van der Waals surface area contributed by atoms with Crippen LogP contribution in [0.5, 0.6) is 17.2 Å². The van der Waals surface area contributed by atoms with Crippen LogP contribution in [-0.2, 0) is 11.3 Å². The predicted molar refractivity (Wildman–Crippen MR) is 133 cm³/mol. The van der Waals surface area contributed by atoms with Gasteiger partial charge in [0.15, 0.2) is 0 Å². The second kappa shape index (κ2) is 10.2. The van der Waals surface area contributed by atoms with Crippen molar-refractivity contribution in [1.29, 1.82) is 0 Å². The summed E-state index contributed by atoms with van der Waals surface area (Å²) in [4.78, 5) is 19.1. The summed E-state index contributed by atoms with van der Waals surface area (Å²) in [5.74, 6) is 7.46. The fraction of sp³-hybridized carbons (Fsp3) is 0.286. The molecule has 2 heterocycles. The first-order chi connectivity index (χ1) is 16.7. The molecular formula is C28H28FN3O3. The van der Waals surface area contributed by atoms with Gasteiger partial charge in [0, 0.05) is 42.9 Å². The Bertz CT molecular complexity index is 1290. The highest BCUT2D eigenvalue weighted by atomic mass is 19.1. The highest BCUT2D eigenvalue weighted by Gasteiger charge is 2.29. The summed E-state index contributed by atoms with van der Waals surface area (Å²) in [6.45, 7) is 6.67. The Kier molecular flexibility index (Phi) is 7.04. The van der Waals surface area contributed by atoms with Gasteiger partial charge in [0.2, 0.25) is 5.91 Å². The van der Waals surface area contributed by atoms with Crippen molar-refractivity contribution in [2.24, 2.45) is 5.41 Å². The van der Waals surface area contributed by atoms with Crippen LogP contribution in [0.15, 0.2) is 60.8 Å². The van der Waals surface area contributed by atoms with E-state index in [4.69, 9.17) is 9.47 Å². The number of anilines is 1. The van der Waals surface area contributed by atoms with E-state index in [9.17, 15) is 9.18 Å². The number of benzene rings is 2. The maximum Gasteiger partial charge on any atom is 0.247 e. The van der Waals surface area contributed by atoms with Crippen molar-refractivity contribution in [3.05, 3.63) is 77.9 Å². The van der Waals surface area contributed by atoms with E-state index in [1.54, 1.807) is 42.4 Å². The molecule has 0 aliphatic carbocycles. The number of ether oxygens (including phenoxy) is 2. The number of likely N-dealkylation sites (N-methyl/N-ethyl adjacent to an activating group) is 1. The third-order valence-corrected chi connectivity index (χ3v) is 5.29. The number of amides is 1. The van der Waals surface area contributed by atoms with Crippen LogP contribution in [0.25, 0.3) is 0 Å². The Balaban J connectivity index is 1.43. The monoisotopic (exact) mass is 473 g/mol. The maximum atomic E-state index is 13.4. The lowest BCUT2D eigenvalue weighted by Gasteiger charge is -2.20. The van der Waals surface area contributed by atoms with Gasteiger partial charge in [0.1, 0.15) is 35.7 Å². The number of nitrogens with one attached hydrogen (secondary N) is 1. The highest BCUT2D eigenvalue weighted by Crippen LogP contribution is 2.31. The van der Waals surface area contributed by atoms with E-state index in [2.05, 4.69) is 42.9 Å². The molecule has 0 fully saturated rings. The molecule has 0 saturated heterocycles. The molecule has 1 aliphatic heterocycles. The van der Waals surface area contributed by atoms with E-state index in [1.807, 2.05) is 18.2 Å². The zero-order valence-corrected chi connectivity index (χ0v) is 20.3. The molecule has 6 nitrogen and oxygen atoms in total. The maximum absolute atomic E-state index is 13.4. The Morgan fingerprint density at radius 2 is 1.97 bits per heavy atom. The van der Waals surface area contributed by atoms with E-state index in [1.165, 1.54) is 12.1 Å². The lowest BCUT2D eigenvalue weighted by Crippen LogP contribution is -2.46. The average molecular weight is 474 g/mol. The van der Waals surface area contributed by atoms with Gasteiger partial charge in [0.05, 0.1) is 11.4 Å². The lowest BCUT2D eigenvalue weighted by molar-refractivity contribution is -0.120. The van der Waals surface area contributed by atoms with Crippen LogP contribution in [0.3, 0.4) is 0 Å². The summed E-state index contributed by atoms with van der Waals surface area (Å²) >= 11 is 0. The van der Waals surface area contributed by atoms with E-state index in [-0.39, 0.29) is 23.7 Å². The summed E-state index contributed by atoms with van der Waals surface area (Å²) < 4.78 is 25.1. The van der Waals surface area contributed by atoms with Gasteiger partial charge in [0.25, 0.3) is 0 Å². The molecule has 2 aromatic carbocycles. The van der Waals surface area contributed by atoms with Gasteiger partial charge in [-0.15, -0.1) is 0 Å². The molecule has 4 rings (SSSR count). The summed E-state index contributed by atoms with van der Waals surface area (Å²) in [5, 5.41) is 3.23. The molecule has 0 spiro atoms. The van der Waals surface area contributed by atoms with E-state index in [0.717, 1.165) is 5.56 Å². The molecule has 0 radical (unpaired) electrons.